The second kappa shape index (κ2) is 11.0. The number of nitrogens with zero attached hydrogens (tertiary/aromatic N) is 2. The first-order valence-corrected chi connectivity index (χ1v) is 12.7. The maximum atomic E-state index is 12.8. The minimum absolute atomic E-state index is 0.0165. The van der Waals surface area contributed by atoms with Gasteiger partial charge < -0.3 is 18.6 Å². The molecule has 1 atom stereocenters. The van der Waals surface area contributed by atoms with Crippen LogP contribution in [0.5, 0.6) is 17.2 Å². The molecule has 37 heavy (non-hydrogen) atoms. The van der Waals surface area contributed by atoms with Gasteiger partial charge in [0.15, 0.2) is 12.3 Å². The summed E-state index contributed by atoms with van der Waals surface area (Å²) in [6, 6.07) is 22.0. The van der Waals surface area contributed by atoms with Gasteiger partial charge in [0.05, 0.1) is 12.9 Å². The fourth-order valence-electron chi connectivity index (χ4n) is 3.74. The van der Waals surface area contributed by atoms with Crippen LogP contribution < -0.4 is 14.4 Å². The average Bonchev–Trinajstić information content (AvgIpc) is 3.56. The number of ether oxygens (including phenoxy) is 3. The van der Waals surface area contributed by atoms with Gasteiger partial charge in [-0.25, -0.2) is 9.78 Å². The van der Waals surface area contributed by atoms with E-state index < -0.39 is 5.97 Å². The standard InChI is InChI=1S/C27H21ClN2O6S/c1-33-27(32)23-14-35-24(29-23)15-34-22-4-2-3-17(13-22)26-30(25(31)16-37-26)19-7-11-21(12-8-19)36-20-9-5-18(28)6-10-20/h2-14,26H,15-16H2,1H3. The molecule has 1 aliphatic rings. The molecule has 0 radical (unpaired) electrons. The van der Waals surface area contributed by atoms with Gasteiger partial charge in [0.2, 0.25) is 11.8 Å². The molecular formula is C27H21ClN2O6S. The summed E-state index contributed by atoms with van der Waals surface area (Å²) in [6.45, 7) is 0.0377. The van der Waals surface area contributed by atoms with Crippen molar-refractivity contribution in [2.45, 2.75) is 12.0 Å². The summed E-state index contributed by atoms with van der Waals surface area (Å²) >= 11 is 7.47. The van der Waals surface area contributed by atoms with Crippen LogP contribution in [0.3, 0.4) is 0 Å². The molecule has 2 heterocycles. The fourth-order valence-corrected chi connectivity index (χ4v) is 5.03. The van der Waals surface area contributed by atoms with E-state index in [4.69, 9.17) is 25.5 Å². The summed E-state index contributed by atoms with van der Waals surface area (Å²) < 4.78 is 21.6. The number of amides is 1. The van der Waals surface area contributed by atoms with Gasteiger partial charge in [-0.05, 0) is 66.2 Å². The van der Waals surface area contributed by atoms with E-state index in [1.807, 2.05) is 48.5 Å². The molecule has 8 nitrogen and oxygen atoms in total. The third kappa shape index (κ3) is 5.73. The molecule has 1 aromatic heterocycles. The van der Waals surface area contributed by atoms with Gasteiger partial charge in [-0.3, -0.25) is 9.69 Å². The highest BCUT2D eigenvalue weighted by Gasteiger charge is 2.34. The van der Waals surface area contributed by atoms with E-state index in [0.717, 1.165) is 11.3 Å². The lowest BCUT2D eigenvalue weighted by molar-refractivity contribution is -0.115. The Kier molecular flexibility index (Phi) is 7.34. The maximum Gasteiger partial charge on any atom is 0.360 e. The molecule has 0 spiro atoms. The molecule has 1 amide bonds. The molecule has 188 valence electrons. The molecule has 0 saturated carbocycles. The molecule has 1 fully saturated rings. The van der Waals surface area contributed by atoms with Crippen molar-refractivity contribution < 1.29 is 28.2 Å². The van der Waals surface area contributed by atoms with Gasteiger partial charge in [-0.1, -0.05) is 23.7 Å². The molecule has 1 aliphatic heterocycles. The van der Waals surface area contributed by atoms with E-state index in [1.54, 1.807) is 40.9 Å². The van der Waals surface area contributed by atoms with Gasteiger partial charge in [0, 0.05) is 10.7 Å². The minimum Gasteiger partial charge on any atom is -0.484 e. The monoisotopic (exact) mass is 536 g/mol. The summed E-state index contributed by atoms with van der Waals surface area (Å²) in [5.41, 5.74) is 1.76. The summed E-state index contributed by atoms with van der Waals surface area (Å²) in [6.07, 6.45) is 1.23. The second-order valence-electron chi connectivity index (χ2n) is 7.96. The van der Waals surface area contributed by atoms with Crippen LogP contribution in [-0.2, 0) is 16.1 Å². The zero-order chi connectivity index (χ0) is 25.8. The van der Waals surface area contributed by atoms with Crippen molar-refractivity contribution in [1.82, 2.24) is 4.98 Å². The Morgan fingerprint density at radius 2 is 1.81 bits per heavy atom. The van der Waals surface area contributed by atoms with E-state index in [-0.39, 0.29) is 29.5 Å². The van der Waals surface area contributed by atoms with E-state index in [1.165, 1.54) is 13.4 Å². The zero-order valence-electron chi connectivity index (χ0n) is 19.6. The summed E-state index contributed by atoms with van der Waals surface area (Å²) in [4.78, 5) is 30.2. The Morgan fingerprint density at radius 1 is 1.08 bits per heavy atom. The van der Waals surface area contributed by atoms with Crippen LogP contribution in [0.2, 0.25) is 5.02 Å². The molecule has 10 heteroatoms. The second-order valence-corrected chi connectivity index (χ2v) is 9.46. The molecular weight excluding hydrogens is 516 g/mol. The molecule has 3 aromatic carbocycles. The van der Waals surface area contributed by atoms with Crippen molar-refractivity contribution >= 4 is 40.9 Å². The molecule has 4 aromatic rings. The number of hydrogen-bond donors (Lipinski definition) is 0. The predicted octanol–water partition coefficient (Wildman–Crippen LogP) is 6.26. The van der Waals surface area contributed by atoms with Crippen molar-refractivity contribution in [3.8, 4) is 17.2 Å². The van der Waals surface area contributed by atoms with Crippen molar-refractivity contribution in [3.05, 3.63) is 101 Å². The normalized spacial score (nSPS) is 15.0. The van der Waals surface area contributed by atoms with Gasteiger partial charge in [-0.15, -0.1) is 11.8 Å². The number of benzene rings is 3. The zero-order valence-corrected chi connectivity index (χ0v) is 21.2. The quantitative estimate of drug-likeness (QED) is 0.243. The third-order valence-electron chi connectivity index (χ3n) is 5.48. The molecule has 0 N–H and O–H groups in total. The topological polar surface area (TPSA) is 91.1 Å². The number of thioether (sulfide) groups is 1. The molecule has 1 unspecified atom stereocenters. The van der Waals surface area contributed by atoms with Gasteiger partial charge in [0.25, 0.3) is 0 Å². The first-order chi connectivity index (χ1) is 18.0. The SMILES string of the molecule is COC(=O)c1coc(COc2cccc(C3SCC(=O)N3c3ccc(Oc4ccc(Cl)cc4)cc3)c2)n1. The smallest absolute Gasteiger partial charge is 0.360 e. The lowest BCUT2D eigenvalue weighted by Crippen LogP contribution is -2.27. The number of aromatic nitrogens is 1. The summed E-state index contributed by atoms with van der Waals surface area (Å²) in [5, 5.41) is 0.422. The van der Waals surface area contributed by atoms with Gasteiger partial charge in [-0.2, -0.15) is 0 Å². The number of halogens is 1. The Morgan fingerprint density at radius 3 is 2.54 bits per heavy atom. The molecule has 0 bridgehead atoms. The lowest BCUT2D eigenvalue weighted by Gasteiger charge is -2.25. The highest BCUT2D eigenvalue weighted by molar-refractivity contribution is 8.00. The lowest BCUT2D eigenvalue weighted by atomic mass is 10.1. The number of anilines is 1. The Labute approximate surface area is 222 Å². The first-order valence-electron chi connectivity index (χ1n) is 11.2. The number of oxazole rings is 1. The van der Waals surface area contributed by atoms with Crippen molar-refractivity contribution in [2.75, 3.05) is 17.8 Å². The van der Waals surface area contributed by atoms with Crippen molar-refractivity contribution in [2.24, 2.45) is 0 Å². The number of carbonyl (C=O) groups is 2. The van der Waals surface area contributed by atoms with E-state index in [9.17, 15) is 9.59 Å². The number of hydrogen-bond acceptors (Lipinski definition) is 8. The number of methoxy groups -OCH3 is 1. The highest BCUT2D eigenvalue weighted by atomic mass is 35.5. The van der Waals surface area contributed by atoms with Crippen molar-refractivity contribution in [1.29, 1.82) is 0 Å². The van der Waals surface area contributed by atoms with E-state index >= 15 is 0 Å². The summed E-state index contributed by atoms with van der Waals surface area (Å²) in [7, 11) is 1.28. The minimum atomic E-state index is -0.579. The van der Waals surface area contributed by atoms with Crippen LogP contribution in [0.15, 0.2) is 83.5 Å². The van der Waals surface area contributed by atoms with Crippen molar-refractivity contribution in [3.63, 3.8) is 0 Å². The van der Waals surface area contributed by atoms with Crippen LogP contribution in [0.4, 0.5) is 5.69 Å². The van der Waals surface area contributed by atoms with Gasteiger partial charge >= 0.3 is 5.97 Å². The van der Waals surface area contributed by atoms with Gasteiger partial charge in [0.1, 0.15) is 28.9 Å². The number of rotatable bonds is 8. The molecule has 5 rings (SSSR count). The van der Waals surface area contributed by atoms with Crippen LogP contribution in [0.1, 0.15) is 27.3 Å². The van der Waals surface area contributed by atoms with E-state index in [0.29, 0.717) is 28.0 Å². The molecule has 0 aliphatic carbocycles. The summed E-state index contributed by atoms with van der Waals surface area (Å²) in [5.74, 6) is 1.96. The Bertz CT molecular complexity index is 1410. The average molecular weight is 537 g/mol. The van der Waals surface area contributed by atoms with Crippen LogP contribution in [-0.4, -0.2) is 29.7 Å². The van der Waals surface area contributed by atoms with Crippen LogP contribution in [0, 0.1) is 0 Å². The van der Waals surface area contributed by atoms with E-state index in [2.05, 4.69) is 9.72 Å². The number of carbonyl (C=O) groups excluding carboxylic acids is 2. The highest BCUT2D eigenvalue weighted by Crippen LogP contribution is 2.43. The largest absolute Gasteiger partial charge is 0.484 e. The third-order valence-corrected chi connectivity index (χ3v) is 6.95. The van der Waals surface area contributed by atoms with Crippen LogP contribution >= 0.6 is 23.4 Å². The number of esters is 1. The first kappa shape index (κ1) is 24.7. The fraction of sp³-hybridized carbons (Fsp3) is 0.148. The Balaban J connectivity index is 1.28. The maximum absolute atomic E-state index is 12.8. The predicted molar refractivity (Wildman–Crippen MR) is 139 cm³/mol. The van der Waals surface area contributed by atoms with Crippen LogP contribution in [0.25, 0.3) is 0 Å². The Hall–Kier alpha value is -3.95. The molecule has 1 saturated heterocycles.